The summed E-state index contributed by atoms with van der Waals surface area (Å²) in [6.07, 6.45) is 0. The number of carbonyl (C=O) groups excluding carboxylic acids is 1. The van der Waals surface area contributed by atoms with E-state index in [1.165, 1.54) is 12.1 Å². The van der Waals surface area contributed by atoms with Gasteiger partial charge in [0.2, 0.25) is 0 Å². The minimum absolute atomic E-state index is 0.186. The van der Waals surface area contributed by atoms with Crippen LogP contribution in [0.5, 0.6) is 0 Å². The fourth-order valence-corrected chi connectivity index (χ4v) is 2.31. The van der Waals surface area contributed by atoms with Crippen molar-refractivity contribution in [3.63, 3.8) is 0 Å². The lowest BCUT2D eigenvalue weighted by Gasteiger charge is -2.15. The molecule has 0 fully saturated rings. The van der Waals surface area contributed by atoms with Crippen LogP contribution < -0.4 is 5.32 Å². The summed E-state index contributed by atoms with van der Waals surface area (Å²) in [6, 6.07) is 7.83. The van der Waals surface area contributed by atoms with Crippen LogP contribution in [0.1, 0.15) is 29.0 Å². The molecule has 0 spiro atoms. The van der Waals surface area contributed by atoms with E-state index in [4.69, 9.17) is 34.8 Å². The predicted molar refractivity (Wildman–Crippen MR) is 79.4 cm³/mol. The molecule has 20 heavy (non-hydrogen) atoms. The summed E-state index contributed by atoms with van der Waals surface area (Å²) in [5.74, 6) is -0.354. The van der Waals surface area contributed by atoms with Crippen molar-refractivity contribution in [2.45, 2.75) is 13.0 Å². The van der Waals surface area contributed by atoms with E-state index in [9.17, 15) is 4.79 Å². The number of hydrogen-bond donors (Lipinski definition) is 1. The number of halogens is 3. The smallest absolute Gasteiger partial charge is 0.272 e. The molecule has 7 heteroatoms. The van der Waals surface area contributed by atoms with E-state index < -0.39 is 0 Å². The van der Waals surface area contributed by atoms with Crippen molar-refractivity contribution in [2.24, 2.45) is 0 Å². The predicted octanol–water partition coefficient (Wildman–Crippen LogP) is 3.93. The second-order valence-corrected chi connectivity index (χ2v) is 5.33. The molecule has 1 N–H and O–H groups in total. The first-order valence-corrected chi connectivity index (χ1v) is 6.86. The number of aromatic nitrogens is 2. The van der Waals surface area contributed by atoms with Crippen LogP contribution in [0.4, 0.5) is 0 Å². The third-order valence-corrected chi connectivity index (χ3v) is 3.41. The fourth-order valence-electron chi connectivity index (χ4n) is 1.64. The van der Waals surface area contributed by atoms with Gasteiger partial charge in [-0.3, -0.25) is 4.79 Å². The zero-order valence-electron chi connectivity index (χ0n) is 10.4. The minimum Gasteiger partial charge on any atom is -0.344 e. The molecule has 0 aliphatic carbocycles. The van der Waals surface area contributed by atoms with Crippen LogP contribution in [-0.2, 0) is 0 Å². The lowest BCUT2D eigenvalue weighted by atomic mass is 10.1. The maximum Gasteiger partial charge on any atom is 0.272 e. The van der Waals surface area contributed by atoms with Crippen molar-refractivity contribution in [3.8, 4) is 0 Å². The van der Waals surface area contributed by atoms with E-state index in [-0.39, 0.29) is 22.8 Å². The highest BCUT2D eigenvalue weighted by atomic mass is 35.5. The number of nitrogens with one attached hydrogen (secondary N) is 1. The van der Waals surface area contributed by atoms with Gasteiger partial charge in [-0.2, -0.15) is 0 Å². The van der Waals surface area contributed by atoms with Gasteiger partial charge in [-0.25, -0.2) is 0 Å². The Hall–Kier alpha value is -1.36. The van der Waals surface area contributed by atoms with Crippen LogP contribution in [0.3, 0.4) is 0 Å². The molecule has 2 aromatic rings. The lowest BCUT2D eigenvalue weighted by molar-refractivity contribution is 0.0934. The quantitative estimate of drug-likeness (QED) is 0.927. The Morgan fingerprint density at radius 1 is 1.15 bits per heavy atom. The van der Waals surface area contributed by atoms with Gasteiger partial charge in [-0.05, 0) is 36.8 Å². The van der Waals surface area contributed by atoms with Crippen molar-refractivity contribution < 1.29 is 4.79 Å². The van der Waals surface area contributed by atoms with E-state index in [1.54, 1.807) is 18.2 Å². The average molecular weight is 331 g/mol. The number of benzene rings is 1. The Morgan fingerprint density at radius 3 is 2.50 bits per heavy atom. The molecule has 1 unspecified atom stereocenters. The summed E-state index contributed by atoms with van der Waals surface area (Å²) >= 11 is 17.5. The van der Waals surface area contributed by atoms with Crippen molar-refractivity contribution in [1.82, 2.24) is 15.5 Å². The number of hydrogen-bond acceptors (Lipinski definition) is 3. The summed E-state index contributed by atoms with van der Waals surface area (Å²) in [7, 11) is 0. The molecule has 1 amide bonds. The van der Waals surface area contributed by atoms with Gasteiger partial charge in [0.25, 0.3) is 5.91 Å². The number of nitrogens with zero attached hydrogens (tertiary/aromatic N) is 2. The zero-order valence-corrected chi connectivity index (χ0v) is 12.7. The van der Waals surface area contributed by atoms with Crippen LogP contribution in [0.2, 0.25) is 15.2 Å². The molecule has 4 nitrogen and oxygen atoms in total. The first kappa shape index (κ1) is 15.0. The Balaban J connectivity index is 2.12. The molecule has 0 saturated carbocycles. The highest BCUT2D eigenvalue weighted by Crippen LogP contribution is 2.26. The van der Waals surface area contributed by atoms with Gasteiger partial charge in [0, 0.05) is 10.0 Å². The fraction of sp³-hybridized carbons (Fsp3) is 0.154. The minimum atomic E-state index is -0.354. The number of rotatable bonds is 3. The molecule has 0 aliphatic heterocycles. The SMILES string of the molecule is CC(NC(=O)c1ccc(Cl)nn1)c1ccc(Cl)cc1Cl. The highest BCUT2D eigenvalue weighted by Gasteiger charge is 2.15. The second kappa shape index (κ2) is 6.39. The molecule has 1 atom stereocenters. The standard InChI is InChI=1S/C13H10Cl3N3O/c1-7(9-3-2-8(14)6-10(9)15)17-13(20)11-4-5-12(16)19-18-11/h2-7H,1H3,(H,17,20). The van der Waals surface area contributed by atoms with Gasteiger partial charge in [-0.15, -0.1) is 10.2 Å². The van der Waals surface area contributed by atoms with Crippen LogP contribution >= 0.6 is 34.8 Å². The molecule has 0 aliphatic rings. The molecule has 1 aromatic heterocycles. The Kier molecular flexibility index (Phi) is 4.81. The third-order valence-electron chi connectivity index (χ3n) is 2.64. The molecule has 1 aromatic carbocycles. The topological polar surface area (TPSA) is 54.9 Å². The number of amides is 1. The zero-order chi connectivity index (χ0) is 14.7. The normalized spacial score (nSPS) is 12.0. The molecular formula is C13H10Cl3N3O. The van der Waals surface area contributed by atoms with Gasteiger partial charge in [0.1, 0.15) is 0 Å². The number of carbonyl (C=O) groups is 1. The van der Waals surface area contributed by atoms with E-state index in [1.807, 2.05) is 6.92 Å². The van der Waals surface area contributed by atoms with Gasteiger partial charge in [0.05, 0.1) is 6.04 Å². The van der Waals surface area contributed by atoms with Crippen LogP contribution in [0.25, 0.3) is 0 Å². The summed E-state index contributed by atoms with van der Waals surface area (Å²) in [4.78, 5) is 12.0. The summed E-state index contributed by atoms with van der Waals surface area (Å²) in [6.45, 7) is 1.82. The van der Waals surface area contributed by atoms with E-state index in [0.29, 0.717) is 10.0 Å². The molecule has 0 bridgehead atoms. The van der Waals surface area contributed by atoms with Crippen molar-refractivity contribution in [2.75, 3.05) is 0 Å². The Morgan fingerprint density at radius 2 is 1.90 bits per heavy atom. The Bertz CT molecular complexity index is 631. The molecule has 0 saturated heterocycles. The monoisotopic (exact) mass is 329 g/mol. The first-order chi connectivity index (χ1) is 9.47. The molecule has 1 heterocycles. The van der Waals surface area contributed by atoms with E-state index in [0.717, 1.165) is 5.56 Å². The Labute approximate surface area is 131 Å². The van der Waals surface area contributed by atoms with Gasteiger partial charge in [-0.1, -0.05) is 40.9 Å². The van der Waals surface area contributed by atoms with Gasteiger partial charge >= 0.3 is 0 Å². The molecular weight excluding hydrogens is 321 g/mol. The largest absolute Gasteiger partial charge is 0.344 e. The van der Waals surface area contributed by atoms with E-state index >= 15 is 0 Å². The summed E-state index contributed by atoms with van der Waals surface area (Å²) in [5.41, 5.74) is 0.956. The van der Waals surface area contributed by atoms with Crippen molar-refractivity contribution >= 4 is 40.7 Å². The molecule has 0 radical (unpaired) electrons. The van der Waals surface area contributed by atoms with Crippen molar-refractivity contribution in [1.29, 1.82) is 0 Å². The average Bonchev–Trinajstić information content (AvgIpc) is 2.39. The van der Waals surface area contributed by atoms with Crippen LogP contribution in [0, 0.1) is 0 Å². The summed E-state index contributed by atoms with van der Waals surface area (Å²) < 4.78 is 0. The van der Waals surface area contributed by atoms with Gasteiger partial charge < -0.3 is 5.32 Å². The maximum absolute atomic E-state index is 12.0. The highest BCUT2D eigenvalue weighted by molar-refractivity contribution is 6.35. The van der Waals surface area contributed by atoms with Crippen LogP contribution in [0.15, 0.2) is 30.3 Å². The van der Waals surface area contributed by atoms with Crippen molar-refractivity contribution in [3.05, 3.63) is 56.8 Å². The molecule has 104 valence electrons. The summed E-state index contributed by atoms with van der Waals surface area (Å²) in [5, 5.41) is 11.4. The lowest BCUT2D eigenvalue weighted by Crippen LogP contribution is -2.27. The maximum atomic E-state index is 12.0. The van der Waals surface area contributed by atoms with Gasteiger partial charge in [0.15, 0.2) is 10.8 Å². The third kappa shape index (κ3) is 3.60. The van der Waals surface area contributed by atoms with E-state index in [2.05, 4.69) is 15.5 Å². The van der Waals surface area contributed by atoms with Crippen LogP contribution in [-0.4, -0.2) is 16.1 Å². The second-order valence-electron chi connectivity index (χ2n) is 4.10. The first-order valence-electron chi connectivity index (χ1n) is 5.72. The molecule has 2 rings (SSSR count).